The van der Waals surface area contributed by atoms with E-state index in [4.69, 9.17) is 5.11 Å². The molecule has 0 aromatic rings. The molecule has 1 atom stereocenters. The first kappa shape index (κ1) is 12.6. The van der Waals surface area contributed by atoms with Gasteiger partial charge in [-0.3, -0.25) is 14.4 Å². The molecule has 0 bridgehead atoms. The first-order valence-electron chi connectivity index (χ1n) is 4.19. The van der Waals surface area contributed by atoms with Crippen LogP contribution in [-0.4, -0.2) is 42.4 Å². The van der Waals surface area contributed by atoms with E-state index in [1.165, 1.54) is 6.29 Å². The van der Waals surface area contributed by atoms with Gasteiger partial charge in [0, 0.05) is 0 Å². The smallest absolute Gasteiger partial charge is 0.305 e. The van der Waals surface area contributed by atoms with E-state index in [0.717, 1.165) is 0 Å². The zero-order valence-electron chi connectivity index (χ0n) is 7.87. The minimum atomic E-state index is -1.15. The van der Waals surface area contributed by atoms with Crippen LogP contribution in [0.4, 0.5) is 0 Å². The first-order chi connectivity index (χ1) is 6.60. The van der Waals surface area contributed by atoms with Gasteiger partial charge < -0.3 is 15.7 Å². The lowest BCUT2D eigenvalue weighted by Gasteiger charge is -2.09. The number of hydrogen-bond donors (Lipinski definition) is 3. The molecule has 0 heterocycles. The summed E-state index contributed by atoms with van der Waals surface area (Å²) in [5.74, 6) is -1.57. The maximum absolute atomic E-state index is 11.0. The molecule has 0 unspecified atom stereocenters. The van der Waals surface area contributed by atoms with Crippen molar-refractivity contribution in [2.24, 2.45) is 0 Å². The average molecular weight is 201 g/mol. The van der Waals surface area contributed by atoms with Gasteiger partial charge in [-0.15, -0.1) is 0 Å². The Morgan fingerprint density at radius 3 is 2.57 bits per heavy atom. The molecule has 6 heteroatoms. The molecule has 6 nitrogen and oxygen atoms in total. The van der Waals surface area contributed by atoms with Gasteiger partial charge in [0.15, 0.2) is 0 Å². The van der Waals surface area contributed by atoms with Crippen molar-refractivity contribution >= 4 is 18.2 Å². The molecule has 0 saturated carbocycles. The fraction of sp³-hybridized carbons (Fsp3) is 0.625. The van der Waals surface area contributed by atoms with Crippen molar-refractivity contribution in [1.82, 2.24) is 10.6 Å². The second-order valence-corrected chi connectivity index (χ2v) is 2.62. The Kier molecular flexibility index (Phi) is 6.30. The summed E-state index contributed by atoms with van der Waals surface area (Å²) in [6.07, 6.45) is 1.01. The first-order valence-corrected chi connectivity index (χ1v) is 4.19. The number of rotatable bonds is 7. The van der Waals surface area contributed by atoms with Crippen LogP contribution in [-0.2, 0) is 14.4 Å². The summed E-state index contributed by atoms with van der Waals surface area (Å²) in [6.45, 7) is 2.52. The number of carboxylic acid groups (broad SMARTS) is 1. The fourth-order valence-corrected chi connectivity index (χ4v) is 0.781. The van der Waals surface area contributed by atoms with E-state index >= 15 is 0 Å². The quantitative estimate of drug-likeness (QED) is 0.474. The molecule has 1 amide bonds. The number of aliphatic carboxylic acids is 1. The third kappa shape index (κ3) is 6.13. The van der Waals surface area contributed by atoms with Gasteiger partial charge in [0.25, 0.3) is 0 Å². The molecule has 3 N–H and O–H groups in total. The van der Waals surface area contributed by atoms with Gasteiger partial charge in [-0.2, -0.15) is 0 Å². The van der Waals surface area contributed by atoms with Crippen LogP contribution in [0.5, 0.6) is 0 Å². The molecule has 0 aromatic heterocycles. The molecular weight excluding hydrogens is 188 g/mol. The minimum Gasteiger partial charge on any atom is -0.481 e. The van der Waals surface area contributed by atoms with Gasteiger partial charge in [0.05, 0.1) is 13.0 Å². The molecule has 0 rings (SSSR count). The van der Waals surface area contributed by atoms with Gasteiger partial charge >= 0.3 is 5.97 Å². The number of amides is 1. The lowest BCUT2D eigenvalue weighted by Crippen LogP contribution is -2.42. The summed E-state index contributed by atoms with van der Waals surface area (Å²) in [6, 6.07) is -1.07. The molecule has 79 valence electrons. The molecule has 0 spiro atoms. The molecule has 1 radical (unpaired) electrons. The SMILES string of the molecule is CCNCC(=O)N[C@H]([C]=O)CC(=O)O. The van der Waals surface area contributed by atoms with Crippen LogP contribution < -0.4 is 10.6 Å². The van der Waals surface area contributed by atoms with Gasteiger partial charge in [-0.05, 0) is 6.54 Å². The zero-order chi connectivity index (χ0) is 11.0. The summed E-state index contributed by atoms with van der Waals surface area (Å²) < 4.78 is 0. The molecule has 0 aliphatic carbocycles. The minimum absolute atomic E-state index is 0.0638. The van der Waals surface area contributed by atoms with Crippen molar-refractivity contribution in [3.63, 3.8) is 0 Å². The summed E-state index contributed by atoms with van der Waals surface area (Å²) >= 11 is 0. The Labute approximate surface area is 81.7 Å². The maximum atomic E-state index is 11.0. The second kappa shape index (κ2) is 7.02. The number of carboxylic acids is 1. The summed E-state index contributed by atoms with van der Waals surface area (Å²) in [5.41, 5.74) is 0. The molecular formula is C8H13N2O4. The largest absolute Gasteiger partial charge is 0.481 e. The van der Waals surface area contributed by atoms with Crippen molar-refractivity contribution in [2.45, 2.75) is 19.4 Å². The Morgan fingerprint density at radius 1 is 1.50 bits per heavy atom. The monoisotopic (exact) mass is 201 g/mol. The van der Waals surface area contributed by atoms with Crippen molar-refractivity contribution in [3.8, 4) is 0 Å². The fourth-order valence-electron chi connectivity index (χ4n) is 0.781. The van der Waals surface area contributed by atoms with Gasteiger partial charge in [0.1, 0.15) is 6.04 Å². The van der Waals surface area contributed by atoms with Gasteiger partial charge in [-0.25, -0.2) is 0 Å². The normalized spacial score (nSPS) is 11.8. The van der Waals surface area contributed by atoms with Crippen LogP contribution in [0.3, 0.4) is 0 Å². The molecule has 0 aliphatic heterocycles. The van der Waals surface area contributed by atoms with Crippen LogP contribution in [0.2, 0.25) is 0 Å². The molecule has 14 heavy (non-hydrogen) atoms. The summed E-state index contributed by atoms with van der Waals surface area (Å²) in [5, 5.41) is 13.3. The topological polar surface area (TPSA) is 95.5 Å². The predicted molar refractivity (Wildman–Crippen MR) is 48.4 cm³/mol. The second-order valence-electron chi connectivity index (χ2n) is 2.62. The Morgan fingerprint density at radius 2 is 2.14 bits per heavy atom. The highest BCUT2D eigenvalue weighted by molar-refractivity contribution is 5.83. The highest BCUT2D eigenvalue weighted by atomic mass is 16.4. The van der Waals surface area contributed by atoms with Crippen LogP contribution in [0.25, 0.3) is 0 Å². The highest BCUT2D eigenvalue weighted by Crippen LogP contribution is 1.87. The van der Waals surface area contributed by atoms with Crippen molar-refractivity contribution < 1.29 is 19.5 Å². The van der Waals surface area contributed by atoms with Crippen molar-refractivity contribution in [1.29, 1.82) is 0 Å². The van der Waals surface area contributed by atoms with E-state index in [0.29, 0.717) is 6.54 Å². The van der Waals surface area contributed by atoms with Crippen molar-refractivity contribution in [2.75, 3.05) is 13.1 Å². The third-order valence-electron chi connectivity index (χ3n) is 1.39. The van der Waals surface area contributed by atoms with E-state index in [-0.39, 0.29) is 6.54 Å². The number of carbonyl (C=O) groups excluding carboxylic acids is 2. The molecule has 0 saturated heterocycles. The third-order valence-corrected chi connectivity index (χ3v) is 1.39. The lowest BCUT2D eigenvalue weighted by molar-refractivity contribution is -0.137. The van der Waals surface area contributed by atoms with E-state index < -0.39 is 24.3 Å². The molecule has 0 aromatic carbocycles. The summed E-state index contributed by atoms with van der Waals surface area (Å²) in [4.78, 5) is 31.5. The van der Waals surface area contributed by atoms with Crippen LogP contribution in [0, 0.1) is 0 Å². The lowest BCUT2D eigenvalue weighted by atomic mass is 10.2. The van der Waals surface area contributed by atoms with Gasteiger partial charge in [-0.1, -0.05) is 6.92 Å². The average Bonchev–Trinajstić information content (AvgIpc) is 2.12. The Balaban J connectivity index is 3.86. The van der Waals surface area contributed by atoms with E-state index in [1.54, 1.807) is 0 Å². The standard InChI is InChI=1S/C8H13N2O4/c1-2-9-4-7(12)10-6(5-11)3-8(13)14/h6,9H,2-4H2,1H3,(H,10,12)(H,13,14)/t6-/m0/s1. The predicted octanol–water partition coefficient (Wildman–Crippen LogP) is -1.33. The number of likely N-dealkylation sites (N-methyl/N-ethyl adjacent to an activating group) is 1. The van der Waals surface area contributed by atoms with E-state index in [2.05, 4.69) is 10.6 Å². The molecule has 0 fully saturated rings. The Bertz CT molecular complexity index is 217. The molecule has 0 aliphatic rings. The number of hydrogen-bond acceptors (Lipinski definition) is 4. The van der Waals surface area contributed by atoms with Crippen LogP contribution >= 0.6 is 0 Å². The van der Waals surface area contributed by atoms with Crippen molar-refractivity contribution in [3.05, 3.63) is 0 Å². The van der Waals surface area contributed by atoms with Gasteiger partial charge in [0.2, 0.25) is 12.2 Å². The van der Waals surface area contributed by atoms with E-state index in [9.17, 15) is 14.4 Å². The number of carbonyl (C=O) groups is 2. The zero-order valence-corrected chi connectivity index (χ0v) is 7.87. The van der Waals surface area contributed by atoms with Crippen LogP contribution in [0.15, 0.2) is 0 Å². The maximum Gasteiger partial charge on any atom is 0.305 e. The number of nitrogens with one attached hydrogen (secondary N) is 2. The van der Waals surface area contributed by atoms with Crippen LogP contribution in [0.1, 0.15) is 13.3 Å². The highest BCUT2D eigenvalue weighted by Gasteiger charge is 2.15. The van der Waals surface area contributed by atoms with E-state index in [1.807, 2.05) is 6.92 Å². The Hall–Kier alpha value is -1.43. The summed E-state index contributed by atoms with van der Waals surface area (Å²) in [7, 11) is 0.